The molecular formula is C8H15N3O3. The Morgan fingerprint density at radius 3 is 3.07 bits per heavy atom. The van der Waals surface area contributed by atoms with E-state index in [2.05, 4.69) is 10.0 Å². The van der Waals surface area contributed by atoms with E-state index < -0.39 is 6.10 Å². The third kappa shape index (κ3) is 2.85. The van der Waals surface area contributed by atoms with Gasteiger partial charge in [0.2, 0.25) is 0 Å². The molecule has 3 atom stereocenters. The topological polar surface area (TPSA) is 87.5 Å². The zero-order valence-electron chi connectivity index (χ0n) is 8.17. The first-order chi connectivity index (χ1) is 6.81. The smallest absolute Gasteiger partial charge is 0.158 e. The molecule has 0 radical (unpaired) electrons. The fraction of sp³-hybridized carbons (Fsp3) is 1.00. The molecule has 0 spiro atoms. The summed E-state index contributed by atoms with van der Waals surface area (Å²) in [6, 6.07) is -0.313. The van der Waals surface area contributed by atoms with Crippen LogP contribution in [0.1, 0.15) is 19.8 Å². The van der Waals surface area contributed by atoms with Crippen LogP contribution in [0.15, 0.2) is 5.11 Å². The summed E-state index contributed by atoms with van der Waals surface area (Å²) in [5.74, 6) is 0. The van der Waals surface area contributed by atoms with Crippen molar-refractivity contribution in [2.24, 2.45) is 5.11 Å². The summed E-state index contributed by atoms with van der Waals surface area (Å²) in [7, 11) is 0. The average Bonchev–Trinajstić information content (AvgIpc) is 2.58. The quantitative estimate of drug-likeness (QED) is 0.412. The molecular weight excluding hydrogens is 186 g/mol. The summed E-state index contributed by atoms with van der Waals surface area (Å²) >= 11 is 0. The molecule has 0 aromatic heterocycles. The number of hydrogen-bond donors (Lipinski definition) is 1. The van der Waals surface area contributed by atoms with E-state index in [0.717, 1.165) is 6.42 Å². The highest BCUT2D eigenvalue weighted by molar-refractivity contribution is 4.84. The van der Waals surface area contributed by atoms with Gasteiger partial charge in [-0.05, 0) is 12.0 Å². The van der Waals surface area contributed by atoms with E-state index in [0.29, 0.717) is 13.0 Å². The van der Waals surface area contributed by atoms with Crippen LogP contribution in [0.3, 0.4) is 0 Å². The van der Waals surface area contributed by atoms with Crippen molar-refractivity contribution in [3.63, 3.8) is 0 Å². The van der Waals surface area contributed by atoms with Gasteiger partial charge in [-0.15, -0.1) is 0 Å². The Hall–Kier alpha value is -0.810. The summed E-state index contributed by atoms with van der Waals surface area (Å²) in [4.78, 5) is 2.71. The molecule has 1 heterocycles. The van der Waals surface area contributed by atoms with E-state index in [1.807, 2.05) is 6.92 Å². The molecule has 1 aliphatic heterocycles. The first kappa shape index (κ1) is 11.3. The lowest BCUT2D eigenvalue weighted by Gasteiger charge is -2.12. The van der Waals surface area contributed by atoms with Gasteiger partial charge in [-0.2, -0.15) is 0 Å². The minimum Gasteiger partial charge on any atom is -0.394 e. The van der Waals surface area contributed by atoms with E-state index in [1.54, 1.807) is 0 Å². The van der Waals surface area contributed by atoms with Crippen molar-refractivity contribution in [1.82, 2.24) is 0 Å². The molecule has 0 aliphatic carbocycles. The third-order valence-corrected chi connectivity index (χ3v) is 2.08. The van der Waals surface area contributed by atoms with Gasteiger partial charge in [0.25, 0.3) is 0 Å². The minimum atomic E-state index is -0.423. The van der Waals surface area contributed by atoms with E-state index in [-0.39, 0.29) is 18.9 Å². The number of rotatable bonds is 5. The van der Waals surface area contributed by atoms with Crippen molar-refractivity contribution in [1.29, 1.82) is 0 Å². The van der Waals surface area contributed by atoms with Gasteiger partial charge in [-0.25, -0.2) is 0 Å². The average molecular weight is 201 g/mol. The maximum absolute atomic E-state index is 8.94. The van der Waals surface area contributed by atoms with Crippen LogP contribution in [-0.2, 0) is 9.47 Å². The van der Waals surface area contributed by atoms with Crippen LogP contribution >= 0.6 is 0 Å². The Morgan fingerprint density at radius 1 is 1.71 bits per heavy atom. The number of hydrogen-bond acceptors (Lipinski definition) is 4. The van der Waals surface area contributed by atoms with Crippen LogP contribution in [-0.4, -0.2) is 36.8 Å². The molecule has 0 aromatic carbocycles. The molecule has 1 aliphatic rings. The van der Waals surface area contributed by atoms with Gasteiger partial charge in [0.05, 0.1) is 18.8 Å². The first-order valence-corrected chi connectivity index (χ1v) is 4.74. The number of aliphatic hydroxyl groups is 1. The van der Waals surface area contributed by atoms with Gasteiger partial charge >= 0.3 is 0 Å². The minimum absolute atomic E-state index is 0.143. The second kappa shape index (κ2) is 5.82. The van der Waals surface area contributed by atoms with Crippen LogP contribution in [0.25, 0.3) is 10.4 Å². The molecule has 80 valence electrons. The Labute approximate surface area is 82.4 Å². The van der Waals surface area contributed by atoms with Gasteiger partial charge in [-0.3, -0.25) is 0 Å². The summed E-state index contributed by atoms with van der Waals surface area (Å²) in [6.07, 6.45) is 0.667. The van der Waals surface area contributed by atoms with E-state index >= 15 is 0 Å². The molecule has 1 unspecified atom stereocenters. The van der Waals surface area contributed by atoms with Gasteiger partial charge in [0.15, 0.2) is 6.29 Å². The molecule has 1 rings (SSSR count). The highest BCUT2D eigenvalue weighted by Crippen LogP contribution is 2.24. The lowest BCUT2D eigenvalue weighted by atomic mass is 10.1. The SMILES string of the molecule is CCCO[C@H]1C[C@@H](N=[N+]=[N-])C(CO)O1. The number of aliphatic hydroxyl groups excluding tert-OH is 1. The zero-order chi connectivity index (χ0) is 10.4. The first-order valence-electron chi connectivity index (χ1n) is 4.74. The Bertz CT molecular complexity index is 218. The molecule has 1 fully saturated rings. The van der Waals surface area contributed by atoms with Crippen molar-refractivity contribution in [3.05, 3.63) is 10.4 Å². The number of nitrogens with zero attached hydrogens (tertiary/aromatic N) is 3. The number of ether oxygens (including phenoxy) is 2. The molecule has 6 nitrogen and oxygen atoms in total. The van der Waals surface area contributed by atoms with Crippen LogP contribution < -0.4 is 0 Å². The molecule has 14 heavy (non-hydrogen) atoms. The lowest BCUT2D eigenvalue weighted by Crippen LogP contribution is -2.23. The van der Waals surface area contributed by atoms with Gasteiger partial charge in [0.1, 0.15) is 0 Å². The standard InChI is InChI=1S/C8H15N3O3/c1-2-3-13-8-4-6(10-11-9)7(5-12)14-8/h6-8,12H,2-5H2,1H3/t6-,7?,8-/m1/s1. The molecule has 1 N–H and O–H groups in total. The van der Waals surface area contributed by atoms with E-state index in [9.17, 15) is 0 Å². The van der Waals surface area contributed by atoms with Gasteiger partial charge in [-0.1, -0.05) is 12.0 Å². The molecule has 0 amide bonds. The fourth-order valence-electron chi connectivity index (χ4n) is 1.40. The van der Waals surface area contributed by atoms with Crippen molar-refractivity contribution < 1.29 is 14.6 Å². The second-order valence-electron chi connectivity index (χ2n) is 3.17. The van der Waals surface area contributed by atoms with E-state index in [4.69, 9.17) is 20.1 Å². The summed E-state index contributed by atoms with van der Waals surface area (Å²) in [5, 5.41) is 12.5. The molecule has 6 heteroatoms. The maximum atomic E-state index is 8.94. The second-order valence-corrected chi connectivity index (χ2v) is 3.17. The van der Waals surface area contributed by atoms with Crippen LogP contribution in [0.2, 0.25) is 0 Å². The predicted molar refractivity (Wildman–Crippen MR) is 49.5 cm³/mol. The number of azide groups is 1. The molecule has 0 aromatic rings. The Kier molecular flexibility index (Phi) is 4.69. The predicted octanol–water partition coefficient (Wildman–Crippen LogP) is 1.20. The highest BCUT2D eigenvalue weighted by Gasteiger charge is 2.34. The fourth-order valence-corrected chi connectivity index (χ4v) is 1.40. The van der Waals surface area contributed by atoms with Crippen LogP contribution in [0, 0.1) is 0 Å². The highest BCUT2D eigenvalue weighted by atomic mass is 16.7. The van der Waals surface area contributed by atoms with E-state index in [1.165, 1.54) is 0 Å². The van der Waals surface area contributed by atoms with Crippen molar-refractivity contribution >= 4 is 0 Å². The van der Waals surface area contributed by atoms with Gasteiger partial charge in [0, 0.05) is 17.9 Å². The van der Waals surface area contributed by atoms with Crippen molar-refractivity contribution in [3.8, 4) is 0 Å². The van der Waals surface area contributed by atoms with Crippen molar-refractivity contribution in [2.75, 3.05) is 13.2 Å². The van der Waals surface area contributed by atoms with Crippen LogP contribution in [0.5, 0.6) is 0 Å². The Morgan fingerprint density at radius 2 is 2.50 bits per heavy atom. The summed E-state index contributed by atoms with van der Waals surface area (Å²) < 4.78 is 10.7. The van der Waals surface area contributed by atoms with Gasteiger partial charge < -0.3 is 14.6 Å². The molecule has 1 saturated heterocycles. The Balaban J connectivity index is 2.43. The monoisotopic (exact) mass is 201 g/mol. The van der Waals surface area contributed by atoms with Crippen molar-refractivity contribution in [2.45, 2.75) is 38.2 Å². The molecule has 0 bridgehead atoms. The third-order valence-electron chi connectivity index (χ3n) is 2.08. The van der Waals surface area contributed by atoms with Crippen LogP contribution in [0.4, 0.5) is 0 Å². The largest absolute Gasteiger partial charge is 0.394 e. The summed E-state index contributed by atoms with van der Waals surface area (Å²) in [6.45, 7) is 2.48. The molecule has 0 saturated carbocycles. The summed E-state index contributed by atoms with van der Waals surface area (Å²) in [5.41, 5.74) is 8.28. The maximum Gasteiger partial charge on any atom is 0.158 e. The lowest BCUT2D eigenvalue weighted by molar-refractivity contribution is -0.140. The zero-order valence-corrected chi connectivity index (χ0v) is 8.17. The normalized spacial score (nSPS) is 31.4.